The number of nitrogens with one attached hydrogen (secondary N) is 3. The van der Waals surface area contributed by atoms with E-state index in [1.807, 2.05) is 19.1 Å². The highest BCUT2D eigenvalue weighted by Crippen LogP contribution is 2.65. The number of hydrogen-bond donors (Lipinski definition) is 3. The van der Waals surface area contributed by atoms with E-state index in [1.54, 1.807) is 13.2 Å². The lowest BCUT2D eigenvalue weighted by atomic mass is 9.40. The predicted molar refractivity (Wildman–Crippen MR) is 146 cm³/mol. The Kier molecular flexibility index (Phi) is 6.54. The fraction of sp³-hybridized carbons (Fsp3) is 0.607. The number of fused-ring (bicyclic) bond motifs is 2. The normalized spacial score (nSPS) is 28.8. The molecule has 200 valence electrons. The van der Waals surface area contributed by atoms with Crippen LogP contribution in [0.15, 0.2) is 24.4 Å². The number of aryl methyl sites for hydroxylation is 1. The molecule has 2 heterocycles. The largest absolute Gasteiger partial charge is 0.367 e. The summed E-state index contributed by atoms with van der Waals surface area (Å²) in [5, 5.41) is 9.74. The fourth-order valence-electron chi connectivity index (χ4n) is 6.84. The first-order valence-corrected chi connectivity index (χ1v) is 13.4. The minimum atomic E-state index is -0.439. The van der Waals surface area contributed by atoms with Gasteiger partial charge in [-0.25, -0.2) is 9.37 Å². The molecule has 1 aliphatic heterocycles. The maximum absolute atomic E-state index is 15.0. The summed E-state index contributed by atoms with van der Waals surface area (Å²) in [6, 6.07) is 5.20. The first kappa shape index (κ1) is 25.7. The summed E-state index contributed by atoms with van der Waals surface area (Å²) >= 11 is 0. The Balaban J connectivity index is 1.36. The number of halogens is 1. The van der Waals surface area contributed by atoms with Crippen LogP contribution in [-0.2, 0) is 4.79 Å². The number of piperazine rings is 1. The Morgan fingerprint density at radius 1 is 1.14 bits per heavy atom. The molecule has 2 bridgehead atoms. The Labute approximate surface area is 219 Å². The van der Waals surface area contributed by atoms with E-state index >= 15 is 4.39 Å². The van der Waals surface area contributed by atoms with Gasteiger partial charge in [-0.05, 0) is 69.2 Å². The highest BCUT2D eigenvalue weighted by molar-refractivity contribution is 5.81. The number of hydrogen-bond acceptors (Lipinski definition) is 7. The van der Waals surface area contributed by atoms with Gasteiger partial charge in [0.2, 0.25) is 11.9 Å². The van der Waals surface area contributed by atoms with Crippen molar-refractivity contribution in [2.45, 2.75) is 46.1 Å². The van der Waals surface area contributed by atoms with Crippen molar-refractivity contribution in [2.24, 2.45) is 23.2 Å². The van der Waals surface area contributed by atoms with Gasteiger partial charge in [-0.15, -0.1) is 0 Å². The number of nitrogens with zero attached hydrogens (tertiary/aromatic N) is 4. The van der Waals surface area contributed by atoms with E-state index in [0.29, 0.717) is 35.0 Å². The molecule has 1 aromatic carbocycles. The molecule has 2 aromatic rings. The summed E-state index contributed by atoms with van der Waals surface area (Å²) in [6.45, 7) is 12.2. The van der Waals surface area contributed by atoms with Crippen LogP contribution in [0.2, 0.25) is 0 Å². The lowest BCUT2D eigenvalue weighted by molar-refractivity contribution is -0.155. The van der Waals surface area contributed by atoms with Gasteiger partial charge < -0.3 is 25.8 Å². The maximum atomic E-state index is 15.0. The molecular weight excluding hydrogens is 469 g/mol. The summed E-state index contributed by atoms with van der Waals surface area (Å²) in [5.41, 5.74) is 1.85. The van der Waals surface area contributed by atoms with Crippen LogP contribution in [0.1, 0.15) is 39.2 Å². The van der Waals surface area contributed by atoms with Crippen molar-refractivity contribution in [3.63, 3.8) is 0 Å². The zero-order valence-corrected chi connectivity index (χ0v) is 22.9. The summed E-state index contributed by atoms with van der Waals surface area (Å²) in [4.78, 5) is 26.5. The number of likely N-dealkylation sites (N-methyl/N-ethyl adjacent to an activating group) is 1. The topological polar surface area (TPSA) is 85.4 Å². The van der Waals surface area contributed by atoms with Gasteiger partial charge in [0.25, 0.3) is 0 Å². The highest BCUT2D eigenvalue weighted by atomic mass is 19.1. The second-order valence-corrected chi connectivity index (χ2v) is 11.9. The van der Waals surface area contributed by atoms with Crippen LogP contribution in [0.3, 0.4) is 0 Å². The third kappa shape index (κ3) is 4.51. The lowest BCUT2D eigenvalue weighted by Gasteiger charge is -2.66. The number of carbonyl (C=O) groups is 1. The van der Waals surface area contributed by atoms with Crippen molar-refractivity contribution < 1.29 is 9.18 Å². The monoisotopic (exact) mass is 509 g/mol. The van der Waals surface area contributed by atoms with Crippen LogP contribution in [0, 0.1) is 35.9 Å². The van der Waals surface area contributed by atoms with E-state index in [4.69, 9.17) is 4.98 Å². The number of anilines is 4. The van der Waals surface area contributed by atoms with Gasteiger partial charge in [-0.2, -0.15) is 4.98 Å². The van der Waals surface area contributed by atoms with Crippen molar-refractivity contribution in [2.75, 3.05) is 55.8 Å². The Morgan fingerprint density at radius 2 is 1.86 bits per heavy atom. The van der Waals surface area contributed by atoms with Crippen molar-refractivity contribution in [1.29, 1.82) is 0 Å². The van der Waals surface area contributed by atoms with E-state index in [-0.39, 0.29) is 23.1 Å². The molecule has 4 fully saturated rings. The summed E-state index contributed by atoms with van der Waals surface area (Å²) in [6.07, 6.45) is 3.74. The molecule has 3 saturated carbocycles. The Hall–Kier alpha value is -2.94. The minimum absolute atomic E-state index is 0.0705. The average molecular weight is 510 g/mol. The molecule has 4 aliphatic rings. The second-order valence-electron chi connectivity index (χ2n) is 11.9. The molecule has 0 spiro atoms. The van der Waals surface area contributed by atoms with Crippen molar-refractivity contribution >= 4 is 29.0 Å². The van der Waals surface area contributed by atoms with Crippen molar-refractivity contribution in [3.05, 3.63) is 35.8 Å². The van der Waals surface area contributed by atoms with Crippen molar-refractivity contribution in [1.82, 2.24) is 20.2 Å². The predicted octanol–water partition coefficient (Wildman–Crippen LogP) is 4.02. The molecule has 3 aliphatic carbocycles. The number of rotatable bonds is 6. The molecule has 0 radical (unpaired) electrons. The van der Waals surface area contributed by atoms with Gasteiger partial charge in [0, 0.05) is 50.7 Å². The molecule has 3 N–H and O–H groups in total. The molecule has 37 heavy (non-hydrogen) atoms. The number of amides is 1. The third-order valence-electron chi connectivity index (χ3n) is 9.41. The quantitative estimate of drug-likeness (QED) is 0.542. The zero-order valence-electron chi connectivity index (χ0n) is 22.9. The van der Waals surface area contributed by atoms with E-state index in [0.717, 1.165) is 44.6 Å². The molecule has 1 amide bonds. The Bertz CT molecular complexity index is 1180. The molecule has 4 atom stereocenters. The summed E-state index contributed by atoms with van der Waals surface area (Å²) in [7, 11) is 3.79. The van der Waals surface area contributed by atoms with Crippen LogP contribution in [0.5, 0.6) is 0 Å². The molecule has 1 aromatic heterocycles. The van der Waals surface area contributed by atoms with Crippen LogP contribution in [0.25, 0.3) is 0 Å². The standard InChI is InChI=1S/C28H40FN7O/c1-17-16-31-26(32-19-7-8-22(21(29)15-19)36-11-9-35(6)10-12-36)33-24(17)34-28(4)20(25(37)30-5)13-18-14-23(28)27(18,2)3/h7-8,15-16,18,20,23H,9-14H2,1-6H3,(H,30,37)(H2,31,32,33,34)/t18-,20+,23+,28-/m0/s1. The smallest absolute Gasteiger partial charge is 0.229 e. The van der Waals surface area contributed by atoms with Gasteiger partial charge >= 0.3 is 0 Å². The number of benzene rings is 1. The van der Waals surface area contributed by atoms with Gasteiger partial charge in [0.05, 0.1) is 17.1 Å². The van der Waals surface area contributed by atoms with Crippen LogP contribution in [-0.4, -0.2) is 66.6 Å². The second kappa shape index (κ2) is 9.42. The average Bonchev–Trinajstić information content (AvgIpc) is 2.86. The van der Waals surface area contributed by atoms with E-state index in [2.05, 4.69) is 58.6 Å². The van der Waals surface area contributed by atoms with Gasteiger partial charge in [-0.3, -0.25) is 4.79 Å². The van der Waals surface area contributed by atoms with Crippen LogP contribution < -0.4 is 20.9 Å². The zero-order chi connectivity index (χ0) is 26.5. The van der Waals surface area contributed by atoms with E-state index in [9.17, 15) is 4.79 Å². The fourth-order valence-corrected chi connectivity index (χ4v) is 6.84. The van der Waals surface area contributed by atoms with Gasteiger partial charge in [0.1, 0.15) is 11.6 Å². The molecule has 6 rings (SSSR count). The van der Waals surface area contributed by atoms with Gasteiger partial charge in [0.15, 0.2) is 0 Å². The summed E-state index contributed by atoms with van der Waals surface area (Å²) < 4.78 is 15.0. The minimum Gasteiger partial charge on any atom is -0.367 e. The van der Waals surface area contributed by atoms with E-state index < -0.39 is 5.54 Å². The van der Waals surface area contributed by atoms with Gasteiger partial charge in [-0.1, -0.05) is 13.8 Å². The lowest BCUT2D eigenvalue weighted by Crippen LogP contribution is -2.69. The molecular formula is C28H40FN7O. The van der Waals surface area contributed by atoms with E-state index in [1.165, 1.54) is 6.07 Å². The number of aromatic nitrogens is 2. The molecule has 1 saturated heterocycles. The third-order valence-corrected chi connectivity index (χ3v) is 9.41. The summed E-state index contributed by atoms with van der Waals surface area (Å²) in [5.74, 6) is 1.67. The van der Waals surface area contributed by atoms with Crippen molar-refractivity contribution in [3.8, 4) is 0 Å². The first-order valence-electron chi connectivity index (χ1n) is 13.4. The molecule has 9 heteroatoms. The maximum Gasteiger partial charge on any atom is 0.229 e. The SMILES string of the molecule is CNC(=O)[C@H]1C[C@H]2C[C@H](C2(C)C)[C@@]1(C)Nc1nc(Nc2ccc(N3CCN(C)CC3)c(F)c2)ncc1C. The Morgan fingerprint density at radius 3 is 2.51 bits per heavy atom. The highest BCUT2D eigenvalue weighted by Gasteiger charge is 2.64. The first-order chi connectivity index (χ1) is 17.5. The van der Waals surface area contributed by atoms with Crippen LogP contribution >= 0.6 is 0 Å². The molecule has 8 nitrogen and oxygen atoms in total. The van der Waals surface area contributed by atoms with Crippen LogP contribution in [0.4, 0.5) is 27.5 Å². The number of carbonyl (C=O) groups excluding carboxylic acids is 1. The molecule has 0 unspecified atom stereocenters.